The Labute approximate surface area is 588 Å². The van der Waals surface area contributed by atoms with Gasteiger partial charge in [-0.25, -0.2) is 9.48 Å². The highest BCUT2D eigenvalue weighted by atomic mass is 35.5. The van der Waals surface area contributed by atoms with Gasteiger partial charge >= 0.3 is 5.96 Å². The summed E-state index contributed by atoms with van der Waals surface area (Å²) in [5, 5.41) is 0. The predicted octanol–water partition coefficient (Wildman–Crippen LogP) is 19.8. The standard InChI is InChI=1S/C90H116N5.ClH/c1-83(2,3)69-45-61(46-70(53-69)84(4,5)6)57-92-77(65-37-29-25-30-38-65)78(66-39-31-26-32-40-66)93(58-62-47-71(85(7,8)9)54-72(48-62)86(10,11)12)81(92)91-82-94(59-63-49-73(87(13,14)15)55-74(50-63)88(16,17)18)79(67-41-33-27-34-42-67)80(68-43-35-28-36-44-68)95(82)60-64-51-75(89(19,20)21)56-76(52-64)90(22,23)24;/h25-56,77-80H,57-60H2,1-24H3;1H/q+1;/p-1. The fraction of sp³-hybridized carbons (Fsp3) is 0.444. The van der Waals surface area contributed by atoms with Gasteiger partial charge in [0.1, 0.15) is 12.1 Å². The molecule has 0 aliphatic carbocycles. The van der Waals surface area contributed by atoms with Crippen molar-refractivity contribution in [3.05, 3.63) is 283 Å². The van der Waals surface area contributed by atoms with Gasteiger partial charge in [0.15, 0.2) is 0 Å². The number of benzene rings is 8. The molecule has 2 aliphatic heterocycles. The van der Waals surface area contributed by atoms with Gasteiger partial charge in [0, 0.05) is 13.1 Å². The highest BCUT2D eigenvalue weighted by Gasteiger charge is 2.53. The quantitative estimate of drug-likeness (QED) is 0.114. The van der Waals surface area contributed by atoms with E-state index in [-0.39, 0.29) is 79.9 Å². The fourth-order valence-corrected chi connectivity index (χ4v) is 14.0. The van der Waals surface area contributed by atoms with Crippen LogP contribution in [0.3, 0.4) is 0 Å². The zero-order valence-electron chi connectivity index (χ0n) is 63.2. The van der Waals surface area contributed by atoms with Crippen LogP contribution in [-0.4, -0.2) is 31.2 Å². The van der Waals surface area contributed by atoms with E-state index >= 15 is 0 Å². The summed E-state index contributed by atoms with van der Waals surface area (Å²) in [5.74, 6) is 1.93. The summed E-state index contributed by atoms with van der Waals surface area (Å²) in [7, 11) is 0. The van der Waals surface area contributed by atoms with Gasteiger partial charge in [0.25, 0.3) is 5.96 Å². The van der Waals surface area contributed by atoms with E-state index < -0.39 is 0 Å². The van der Waals surface area contributed by atoms with Crippen LogP contribution in [0.1, 0.15) is 279 Å². The van der Waals surface area contributed by atoms with Gasteiger partial charge in [-0.1, -0.05) is 360 Å². The Morgan fingerprint density at radius 1 is 0.281 bits per heavy atom. The van der Waals surface area contributed by atoms with E-state index in [9.17, 15) is 0 Å². The Balaban J connectivity index is 0.0000108. The number of halogens is 1. The number of rotatable bonds is 12. The first-order valence-electron chi connectivity index (χ1n) is 35.4. The highest BCUT2D eigenvalue weighted by Crippen LogP contribution is 2.50. The molecule has 0 saturated carbocycles. The second-order valence-corrected chi connectivity index (χ2v) is 36.3. The molecule has 1 fully saturated rings. The van der Waals surface area contributed by atoms with Crippen LogP contribution in [0.25, 0.3) is 0 Å². The molecule has 508 valence electrons. The molecular formula is C90H116ClN5. The summed E-state index contributed by atoms with van der Waals surface area (Å²) >= 11 is 0. The van der Waals surface area contributed by atoms with E-state index in [0.717, 1.165) is 11.9 Å². The first-order valence-corrected chi connectivity index (χ1v) is 35.4. The van der Waals surface area contributed by atoms with Gasteiger partial charge in [-0.15, -0.1) is 0 Å². The Morgan fingerprint density at radius 3 is 0.771 bits per heavy atom. The number of guanidine groups is 2. The van der Waals surface area contributed by atoms with Gasteiger partial charge in [-0.05, 0) is 137 Å². The first kappa shape index (κ1) is 73.0. The number of aliphatic imine (C=N–C) groups is 1. The van der Waals surface area contributed by atoms with Crippen LogP contribution < -0.4 is 12.4 Å². The van der Waals surface area contributed by atoms with Crippen LogP contribution in [0.5, 0.6) is 0 Å². The molecule has 0 radical (unpaired) electrons. The van der Waals surface area contributed by atoms with Gasteiger partial charge < -0.3 is 22.2 Å². The zero-order valence-corrected chi connectivity index (χ0v) is 64.0. The third kappa shape index (κ3) is 16.5. The summed E-state index contributed by atoms with van der Waals surface area (Å²) in [5.41, 5.74) is 20.2. The van der Waals surface area contributed by atoms with Crippen molar-refractivity contribution in [2.75, 3.05) is 0 Å². The molecule has 0 bridgehead atoms. The van der Waals surface area contributed by atoms with E-state index in [1.807, 2.05) is 0 Å². The third-order valence-corrected chi connectivity index (χ3v) is 20.0. The molecule has 2 aliphatic rings. The molecule has 96 heavy (non-hydrogen) atoms. The summed E-state index contributed by atoms with van der Waals surface area (Å²) < 4.78 is 2.74. The second kappa shape index (κ2) is 27.2. The topological polar surface area (TPSA) is 25.1 Å². The van der Waals surface area contributed by atoms with Crippen molar-refractivity contribution in [2.45, 2.75) is 260 Å². The maximum Gasteiger partial charge on any atom is 0.394 e. The first-order chi connectivity index (χ1) is 44.1. The molecule has 8 aromatic carbocycles. The lowest BCUT2D eigenvalue weighted by Crippen LogP contribution is -3.00. The highest BCUT2D eigenvalue weighted by molar-refractivity contribution is 5.95. The minimum atomic E-state index is -0.156. The van der Waals surface area contributed by atoms with Crippen LogP contribution in [0.4, 0.5) is 0 Å². The Hall–Kier alpha value is -7.21. The lowest BCUT2D eigenvalue weighted by atomic mass is 9.79. The third-order valence-electron chi connectivity index (χ3n) is 20.0. The summed E-state index contributed by atoms with van der Waals surface area (Å²) in [4.78, 5) is 15.0. The van der Waals surface area contributed by atoms with Crippen molar-refractivity contribution in [3.8, 4) is 0 Å². The van der Waals surface area contributed by atoms with E-state index in [0.29, 0.717) is 26.2 Å². The lowest BCUT2D eigenvalue weighted by Gasteiger charge is -2.31. The molecule has 5 nitrogen and oxygen atoms in total. The van der Waals surface area contributed by atoms with Crippen molar-refractivity contribution in [3.63, 3.8) is 0 Å². The summed E-state index contributed by atoms with van der Waals surface area (Å²) in [6.45, 7) is 59.4. The van der Waals surface area contributed by atoms with Crippen LogP contribution in [-0.2, 0) is 69.5 Å². The Morgan fingerprint density at radius 2 is 0.510 bits per heavy atom. The van der Waals surface area contributed by atoms with E-state index in [4.69, 9.17) is 4.99 Å². The molecule has 2 heterocycles. The molecule has 10 rings (SSSR count). The molecule has 4 unspecified atom stereocenters. The zero-order chi connectivity index (χ0) is 69.2. The van der Waals surface area contributed by atoms with E-state index in [2.05, 4.69) is 380 Å². The predicted molar refractivity (Wildman–Crippen MR) is 405 cm³/mol. The van der Waals surface area contributed by atoms with Gasteiger partial charge in [-0.3, -0.25) is 0 Å². The van der Waals surface area contributed by atoms with Gasteiger partial charge in [0.2, 0.25) is 0 Å². The second-order valence-electron chi connectivity index (χ2n) is 36.3. The normalized spacial score (nSPS) is 17.8. The van der Waals surface area contributed by atoms with E-state index in [1.165, 1.54) is 89.0 Å². The van der Waals surface area contributed by atoms with Crippen molar-refractivity contribution in [1.29, 1.82) is 0 Å². The van der Waals surface area contributed by atoms with Crippen LogP contribution in [0, 0.1) is 0 Å². The molecular weight excluding hydrogens is 1190 g/mol. The van der Waals surface area contributed by atoms with E-state index in [1.54, 1.807) is 0 Å². The van der Waals surface area contributed by atoms with Crippen LogP contribution in [0.2, 0.25) is 0 Å². The van der Waals surface area contributed by atoms with Crippen LogP contribution >= 0.6 is 0 Å². The van der Waals surface area contributed by atoms with Gasteiger partial charge in [-0.2, -0.15) is 0 Å². The largest absolute Gasteiger partial charge is 1.00 e. The SMILES string of the molecule is CC(C)(C)c1cc(CN2C(=NC3=[N+](Cc4cc(C(C)(C)C)cc(C(C)(C)C)c4)C(c4ccccc4)C(c4ccccc4)N3Cc3cc(C(C)(C)C)cc(C(C)(C)C)c3)N(Cc3cc(C(C)(C)C)cc(C(C)(C)C)c3)C(c3ccccc3)C2c2ccccc2)cc(C(C)(C)C)c1.[Cl-]. The average Bonchev–Trinajstić information content (AvgIpc) is 1.57. The number of hydrogen-bond donors (Lipinski definition) is 0. The summed E-state index contributed by atoms with van der Waals surface area (Å²) in [6, 6.07) is 75.1. The van der Waals surface area contributed by atoms with Crippen molar-refractivity contribution >= 4 is 11.9 Å². The van der Waals surface area contributed by atoms with Crippen LogP contribution in [0.15, 0.2) is 199 Å². The number of hydrogen-bond acceptors (Lipinski definition) is 2. The Bertz CT molecular complexity index is 3790. The Kier molecular flexibility index (Phi) is 20.7. The summed E-state index contributed by atoms with van der Waals surface area (Å²) in [6.07, 6.45) is 0. The minimum absolute atomic E-state index is 0. The molecule has 8 aromatic rings. The molecule has 4 atom stereocenters. The molecule has 1 saturated heterocycles. The maximum absolute atomic E-state index is 6.79. The van der Waals surface area contributed by atoms with Crippen molar-refractivity contribution < 1.29 is 17.0 Å². The van der Waals surface area contributed by atoms with Crippen molar-refractivity contribution in [1.82, 2.24) is 14.7 Å². The van der Waals surface area contributed by atoms with Gasteiger partial charge in [0.05, 0.1) is 25.2 Å². The smallest absolute Gasteiger partial charge is 0.394 e. The number of nitrogens with zero attached hydrogens (tertiary/aromatic N) is 5. The molecule has 6 heteroatoms. The lowest BCUT2D eigenvalue weighted by molar-refractivity contribution is -0.583. The molecule has 0 N–H and O–H groups in total. The van der Waals surface area contributed by atoms with Crippen molar-refractivity contribution in [2.24, 2.45) is 4.99 Å². The maximum atomic E-state index is 6.79. The molecule has 0 spiro atoms. The molecule has 0 aromatic heterocycles. The monoisotopic (exact) mass is 1300 g/mol. The average molecular weight is 1300 g/mol. The minimum Gasteiger partial charge on any atom is -1.00 e. The fourth-order valence-electron chi connectivity index (χ4n) is 14.0. The molecule has 0 amide bonds.